The molecule has 0 fully saturated rings. The molecular weight excluding hydrogens is 640 g/mol. The molecule has 0 aromatic heterocycles. The number of ether oxygens (including phenoxy) is 4. The van der Waals surface area contributed by atoms with Gasteiger partial charge >= 0.3 is 12.1 Å². The molecule has 2 atom stereocenters. The lowest BCUT2D eigenvalue weighted by molar-refractivity contribution is -0.271. The minimum absolute atomic E-state index is 0.134. The van der Waals surface area contributed by atoms with Crippen molar-refractivity contribution in [3.05, 3.63) is 12.7 Å². The molecule has 0 aromatic rings. The van der Waals surface area contributed by atoms with E-state index < -0.39 is 24.4 Å². The van der Waals surface area contributed by atoms with E-state index in [0.717, 1.165) is 63.9 Å². The molecule has 16 heteroatoms. The third-order valence-electron chi connectivity index (χ3n) is 6.54. The first-order chi connectivity index (χ1) is 24.0. The Balaban J connectivity index is 4.38. The summed E-state index contributed by atoms with van der Waals surface area (Å²) >= 11 is 0. The van der Waals surface area contributed by atoms with Gasteiger partial charge in [0.05, 0.1) is 19.8 Å². The van der Waals surface area contributed by atoms with Crippen LogP contribution >= 0.6 is 0 Å². The van der Waals surface area contributed by atoms with Crippen molar-refractivity contribution in [1.29, 1.82) is 0 Å². The lowest BCUT2D eigenvalue weighted by atomic mass is 10.2. The van der Waals surface area contributed by atoms with Gasteiger partial charge in [0.25, 0.3) is 0 Å². The molecule has 0 heterocycles. The fourth-order valence-electron chi connectivity index (χ4n) is 3.93. The fraction of sp³-hybridized carbons (Fsp3) is 0.758. The predicted octanol–water partition coefficient (Wildman–Crippen LogP) is 5.13. The highest BCUT2D eigenvalue weighted by atomic mass is 16.9. The Kier molecular flexibility index (Phi) is 32.5. The molecule has 0 aliphatic rings. The Labute approximate surface area is 290 Å². The van der Waals surface area contributed by atoms with E-state index in [2.05, 4.69) is 45.7 Å². The van der Waals surface area contributed by atoms with Crippen LogP contribution in [0.15, 0.2) is 32.6 Å². The Morgan fingerprint density at radius 2 is 1.27 bits per heavy atom. The highest BCUT2D eigenvalue weighted by Gasteiger charge is 2.09. The second-order valence-electron chi connectivity index (χ2n) is 10.6. The summed E-state index contributed by atoms with van der Waals surface area (Å²) in [4.78, 5) is 71.3. The van der Waals surface area contributed by atoms with E-state index >= 15 is 0 Å². The van der Waals surface area contributed by atoms with Gasteiger partial charge in [-0.15, -0.1) is 0 Å². The zero-order valence-electron chi connectivity index (χ0n) is 29.3. The van der Waals surface area contributed by atoms with E-state index in [1.807, 2.05) is 0 Å². The van der Waals surface area contributed by atoms with Gasteiger partial charge in [-0.1, -0.05) is 59.0 Å². The van der Waals surface area contributed by atoms with E-state index in [-0.39, 0.29) is 19.8 Å². The maximum absolute atomic E-state index is 11.9. The third-order valence-corrected chi connectivity index (χ3v) is 6.54. The number of carbonyl (C=O) groups is 2. The van der Waals surface area contributed by atoms with Crippen LogP contribution in [-0.2, 0) is 43.0 Å². The number of alkyl carbamates (subject to hydrolysis) is 1. The number of hydrogen-bond acceptors (Lipinski definition) is 15. The number of carbonyl (C=O) groups excluding carboxylic acids is 4. The zero-order valence-corrected chi connectivity index (χ0v) is 29.3. The van der Waals surface area contributed by atoms with Gasteiger partial charge in [-0.25, -0.2) is 29.2 Å². The van der Waals surface area contributed by atoms with Crippen molar-refractivity contribution >= 4 is 37.0 Å². The first-order valence-corrected chi connectivity index (χ1v) is 17.1. The molecule has 1 amide bonds. The van der Waals surface area contributed by atoms with Crippen molar-refractivity contribution in [2.75, 3.05) is 52.7 Å². The molecule has 0 aliphatic heterocycles. The second kappa shape index (κ2) is 35.4. The number of amides is 1. The second-order valence-corrected chi connectivity index (χ2v) is 10.6. The summed E-state index contributed by atoms with van der Waals surface area (Å²) in [7, 11) is 0. The van der Waals surface area contributed by atoms with Crippen LogP contribution in [0.5, 0.6) is 0 Å². The largest absolute Gasteiger partial charge is 0.460 e. The smallest absolute Gasteiger partial charge is 0.407 e. The van der Waals surface area contributed by atoms with Crippen LogP contribution < -0.4 is 5.32 Å². The average molecular weight is 697 g/mol. The van der Waals surface area contributed by atoms with Crippen LogP contribution in [0.4, 0.5) is 4.79 Å². The van der Waals surface area contributed by atoms with Gasteiger partial charge < -0.3 is 33.9 Å². The minimum atomic E-state index is -0.587. The van der Waals surface area contributed by atoms with E-state index in [0.29, 0.717) is 58.6 Å². The van der Waals surface area contributed by atoms with Crippen molar-refractivity contribution in [2.45, 2.75) is 110 Å². The Morgan fingerprint density at radius 3 is 1.80 bits per heavy atom. The van der Waals surface area contributed by atoms with Crippen molar-refractivity contribution < 1.29 is 47.8 Å². The topological polar surface area (TPSA) is 188 Å². The summed E-state index contributed by atoms with van der Waals surface area (Å²) in [6.45, 7) is 10.1. The zero-order chi connectivity index (χ0) is 36.0. The molecule has 16 nitrogen and oxygen atoms in total. The number of isocyanates is 2. The fourth-order valence-corrected chi connectivity index (χ4v) is 3.93. The molecule has 0 bridgehead atoms. The predicted molar refractivity (Wildman–Crippen MR) is 183 cm³/mol. The molecule has 0 aromatic carbocycles. The van der Waals surface area contributed by atoms with Gasteiger partial charge in [0, 0.05) is 31.1 Å². The number of nitrogens with one attached hydrogen (secondary N) is 1. The van der Waals surface area contributed by atoms with Crippen LogP contribution in [0.3, 0.4) is 0 Å². The molecule has 2 unspecified atom stereocenters. The van der Waals surface area contributed by atoms with Crippen molar-refractivity contribution in [3.8, 4) is 0 Å². The number of rotatable bonds is 34. The van der Waals surface area contributed by atoms with E-state index in [1.165, 1.54) is 18.0 Å². The third kappa shape index (κ3) is 31.1. The standard InChI is InChI=1S/C33H56N6O10/c1-4-7-11-16-30(35-26-40)37-28-48-39(49-29-38-31(36-27-41)17-12-8-5-2)19-14-10-9-13-18-34-33(43)47-25-23-45-21-15-20-44-22-24-46-32(42)6-3/h6,28-31H,3-5,7-25H2,1-2H3,(H,34,43)/b37-28-,38-29?. The number of aliphatic imine (C=N–C) groups is 4. The lowest BCUT2D eigenvalue weighted by Crippen LogP contribution is -2.27. The van der Waals surface area contributed by atoms with Gasteiger partial charge in [0.2, 0.25) is 25.0 Å². The summed E-state index contributed by atoms with van der Waals surface area (Å²) in [6.07, 6.45) is 15.6. The first-order valence-electron chi connectivity index (χ1n) is 17.1. The monoisotopic (exact) mass is 696 g/mol. The van der Waals surface area contributed by atoms with Crippen LogP contribution in [0, 0.1) is 0 Å². The molecule has 0 radical (unpaired) electrons. The Morgan fingerprint density at radius 1 is 0.714 bits per heavy atom. The average Bonchev–Trinajstić information content (AvgIpc) is 3.09. The number of hydroxylamine groups is 2. The molecule has 0 saturated heterocycles. The van der Waals surface area contributed by atoms with Crippen LogP contribution in [0.25, 0.3) is 0 Å². The molecule has 0 saturated carbocycles. The van der Waals surface area contributed by atoms with Crippen LogP contribution in [0.1, 0.15) is 97.3 Å². The number of nitrogens with zero attached hydrogens (tertiary/aromatic N) is 5. The van der Waals surface area contributed by atoms with Gasteiger partial charge in [-0.2, -0.15) is 9.98 Å². The van der Waals surface area contributed by atoms with Crippen molar-refractivity contribution in [2.24, 2.45) is 20.0 Å². The highest BCUT2D eigenvalue weighted by molar-refractivity contribution is 5.81. The Bertz CT molecular complexity index is 958. The maximum atomic E-state index is 11.9. The summed E-state index contributed by atoms with van der Waals surface area (Å²) in [5.74, 6) is -0.483. The van der Waals surface area contributed by atoms with Gasteiger partial charge in [0.15, 0.2) is 12.3 Å². The van der Waals surface area contributed by atoms with Crippen molar-refractivity contribution in [3.63, 3.8) is 0 Å². The lowest BCUT2D eigenvalue weighted by Gasteiger charge is -2.17. The summed E-state index contributed by atoms with van der Waals surface area (Å²) in [6, 6.07) is 0. The maximum Gasteiger partial charge on any atom is 0.407 e. The van der Waals surface area contributed by atoms with E-state index in [4.69, 9.17) is 28.6 Å². The van der Waals surface area contributed by atoms with Crippen LogP contribution in [0.2, 0.25) is 0 Å². The molecule has 278 valence electrons. The first kappa shape index (κ1) is 45.1. The van der Waals surface area contributed by atoms with Gasteiger partial charge in [-0.3, -0.25) is 0 Å². The SMILES string of the molecule is C=CC(=O)OCCOCCCOCCOC(=O)NCCCCCCN(OC=NC(CCCCC)N=C=O)O/C=N\C(CCCCC)N=C=O. The summed E-state index contributed by atoms with van der Waals surface area (Å²) in [5, 5.41) is 3.91. The summed E-state index contributed by atoms with van der Waals surface area (Å²) in [5.41, 5.74) is 0. The van der Waals surface area contributed by atoms with E-state index in [9.17, 15) is 19.2 Å². The van der Waals surface area contributed by atoms with Gasteiger partial charge in [0.1, 0.15) is 13.2 Å². The Hall–Kier alpha value is -3.94. The van der Waals surface area contributed by atoms with Gasteiger partial charge in [-0.05, 0) is 44.9 Å². The number of hydrogen-bond donors (Lipinski definition) is 1. The minimum Gasteiger partial charge on any atom is -0.460 e. The van der Waals surface area contributed by atoms with E-state index in [1.54, 1.807) is 12.2 Å². The molecule has 0 spiro atoms. The molecule has 1 N–H and O–H groups in total. The molecule has 49 heavy (non-hydrogen) atoms. The van der Waals surface area contributed by atoms with Crippen LogP contribution in [-0.4, -0.2) is 107 Å². The van der Waals surface area contributed by atoms with Crippen molar-refractivity contribution in [1.82, 2.24) is 10.5 Å². The molecule has 0 rings (SSSR count). The summed E-state index contributed by atoms with van der Waals surface area (Å²) < 4.78 is 20.6. The quantitative estimate of drug-likeness (QED) is 0.0179. The molecular formula is C33H56N6O10. The highest BCUT2D eigenvalue weighted by Crippen LogP contribution is 2.09. The normalized spacial score (nSPS) is 12.2. The number of esters is 1. The molecule has 0 aliphatic carbocycles. The number of unbranched alkanes of at least 4 members (excludes halogenated alkanes) is 7.